The summed E-state index contributed by atoms with van der Waals surface area (Å²) in [5.41, 5.74) is 0.811. The van der Waals surface area contributed by atoms with Crippen molar-refractivity contribution in [2.45, 2.75) is 0 Å². The number of benzene rings is 1. The molecule has 0 heterocycles. The van der Waals surface area contributed by atoms with Crippen molar-refractivity contribution in [2.75, 3.05) is 17.6 Å². The van der Waals surface area contributed by atoms with Gasteiger partial charge >= 0.3 is 0 Å². The highest BCUT2D eigenvalue weighted by Gasteiger charge is 1.94. The van der Waals surface area contributed by atoms with Gasteiger partial charge in [0, 0.05) is 12.2 Å². The van der Waals surface area contributed by atoms with Crippen LogP contribution < -0.4 is 5.32 Å². The summed E-state index contributed by atoms with van der Waals surface area (Å²) in [6, 6.07) is 9.12. The molecule has 0 radical (unpaired) electrons. The lowest BCUT2D eigenvalue weighted by atomic mass is 10.3. The molecule has 4 nitrogen and oxygen atoms in total. The average Bonchev–Trinajstić information content (AvgIpc) is 2.04. The van der Waals surface area contributed by atoms with Gasteiger partial charge in [0.25, 0.3) is 0 Å². The Morgan fingerprint density at radius 2 is 1.85 bits per heavy atom. The standard InChI is InChI=1S/C8H11NO3S/c10-13(11,12)7-6-9-8-4-2-1-3-5-8/h1-5,9H,6-7H2,(H,10,11,12)/p-1. The number of nitrogens with one attached hydrogen (secondary N) is 1. The quantitative estimate of drug-likeness (QED) is 0.724. The molecule has 0 aliphatic rings. The summed E-state index contributed by atoms with van der Waals surface area (Å²) in [5, 5.41) is 2.82. The Kier molecular flexibility index (Phi) is 3.27. The van der Waals surface area contributed by atoms with E-state index in [1.807, 2.05) is 18.2 Å². The maximum atomic E-state index is 10.2. The van der Waals surface area contributed by atoms with E-state index < -0.39 is 10.1 Å². The Bertz CT molecular complexity index is 347. The van der Waals surface area contributed by atoms with Crippen LogP contribution in [0.1, 0.15) is 0 Å². The van der Waals surface area contributed by atoms with Crippen LogP contribution in [0.25, 0.3) is 0 Å². The van der Waals surface area contributed by atoms with Gasteiger partial charge < -0.3 is 9.87 Å². The maximum absolute atomic E-state index is 10.2. The number of anilines is 1. The van der Waals surface area contributed by atoms with Gasteiger partial charge in [-0.15, -0.1) is 0 Å². The summed E-state index contributed by atoms with van der Waals surface area (Å²) in [5.74, 6) is -0.387. The first-order chi connectivity index (χ1) is 6.08. The van der Waals surface area contributed by atoms with Crippen molar-refractivity contribution < 1.29 is 13.0 Å². The van der Waals surface area contributed by atoms with E-state index >= 15 is 0 Å². The molecule has 0 aromatic heterocycles. The minimum Gasteiger partial charge on any atom is -0.748 e. The summed E-state index contributed by atoms with van der Waals surface area (Å²) < 4.78 is 30.7. The molecule has 0 bridgehead atoms. The van der Waals surface area contributed by atoms with Crippen LogP contribution in [-0.4, -0.2) is 25.3 Å². The number of hydrogen-bond acceptors (Lipinski definition) is 4. The van der Waals surface area contributed by atoms with Crippen LogP contribution >= 0.6 is 0 Å². The van der Waals surface area contributed by atoms with Crippen molar-refractivity contribution in [3.05, 3.63) is 30.3 Å². The highest BCUT2D eigenvalue weighted by molar-refractivity contribution is 7.85. The molecule has 13 heavy (non-hydrogen) atoms. The molecule has 0 fully saturated rings. The summed E-state index contributed by atoms with van der Waals surface area (Å²) in [6.07, 6.45) is 0. The zero-order valence-corrected chi connectivity index (χ0v) is 7.75. The van der Waals surface area contributed by atoms with E-state index in [0.717, 1.165) is 5.69 Å². The zero-order chi connectivity index (χ0) is 9.73. The minimum absolute atomic E-state index is 0.149. The third-order valence-electron chi connectivity index (χ3n) is 1.45. The average molecular weight is 200 g/mol. The van der Waals surface area contributed by atoms with Crippen molar-refractivity contribution in [1.29, 1.82) is 0 Å². The summed E-state index contributed by atoms with van der Waals surface area (Å²) >= 11 is 0. The van der Waals surface area contributed by atoms with E-state index in [0.29, 0.717) is 0 Å². The van der Waals surface area contributed by atoms with Crippen LogP contribution in [0.2, 0.25) is 0 Å². The van der Waals surface area contributed by atoms with E-state index in [-0.39, 0.29) is 12.3 Å². The van der Waals surface area contributed by atoms with Gasteiger partial charge in [-0.05, 0) is 12.1 Å². The second-order valence-electron chi connectivity index (χ2n) is 2.55. The van der Waals surface area contributed by atoms with Crippen LogP contribution in [0.15, 0.2) is 30.3 Å². The number of para-hydroxylation sites is 1. The predicted octanol–water partition coefficient (Wildman–Crippen LogP) is 0.644. The molecule has 0 unspecified atom stereocenters. The summed E-state index contributed by atoms with van der Waals surface area (Å²) in [4.78, 5) is 0. The third kappa shape index (κ3) is 4.49. The molecule has 1 N–H and O–H groups in total. The lowest BCUT2D eigenvalue weighted by Gasteiger charge is -2.08. The van der Waals surface area contributed by atoms with Crippen molar-refractivity contribution in [2.24, 2.45) is 0 Å². The predicted molar refractivity (Wildman–Crippen MR) is 49.5 cm³/mol. The van der Waals surface area contributed by atoms with E-state index in [9.17, 15) is 13.0 Å². The molecular formula is C8H10NO3S-. The summed E-state index contributed by atoms with van der Waals surface area (Å²) in [7, 11) is -4.11. The molecule has 1 rings (SSSR count). The van der Waals surface area contributed by atoms with Gasteiger partial charge in [-0.1, -0.05) is 18.2 Å². The van der Waals surface area contributed by atoms with E-state index in [2.05, 4.69) is 5.32 Å². The molecule has 0 amide bonds. The van der Waals surface area contributed by atoms with Crippen molar-refractivity contribution in [3.63, 3.8) is 0 Å². The Morgan fingerprint density at radius 3 is 2.38 bits per heavy atom. The monoisotopic (exact) mass is 200 g/mol. The van der Waals surface area contributed by atoms with Crippen molar-refractivity contribution in [1.82, 2.24) is 0 Å². The van der Waals surface area contributed by atoms with E-state index in [1.54, 1.807) is 12.1 Å². The fourth-order valence-electron chi connectivity index (χ4n) is 0.876. The van der Waals surface area contributed by atoms with Crippen LogP contribution in [0, 0.1) is 0 Å². The number of hydrogen-bond donors (Lipinski definition) is 1. The molecule has 0 saturated heterocycles. The van der Waals surface area contributed by atoms with Crippen molar-refractivity contribution in [3.8, 4) is 0 Å². The zero-order valence-electron chi connectivity index (χ0n) is 6.93. The van der Waals surface area contributed by atoms with Gasteiger partial charge in [0.1, 0.15) is 0 Å². The molecule has 72 valence electrons. The highest BCUT2D eigenvalue weighted by atomic mass is 32.2. The molecule has 0 aliphatic heterocycles. The molecule has 1 aromatic carbocycles. The normalized spacial score (nSPS) is 11.2. The fourth-order valence-corrected chi connectivity index (χ4v) is 1.23. The maximum Gasteiger partial charge on any atom is 0.0963 e. The Labute approximate surface area is 77.3 Å². The Balaban J connectivity index is 2.37. The van der Waals surface area contributed by atoms with Gasteiger partial charge in [0.05, 0.1) is 15.9 Å². The molecule has 0 spiro atoms. The first kappa shape index (κ1) is 10.0. The van der Waals surface area contributed by atoms with Gasteiger partial charge in [-0.2, -0.15) is 0 Å². The second-order valence-corrected chi connectivity index (χ2v) is 4.08. The SMILES string of the molecule is O=S(=O)([O-])CCNc1ccccc1. The van der Waals surface area contributed by atoms with Crippen LogP contribution in [0.4, 0.5) is 5.69 Å². The molecule has 0 atom stereocenters. The first-order valence-corrected chi connectivity index (χ1v) is 5.38. The van der Waals surface area contributed by atoms with Gasteiger partial charge in [0.15, 0.2) is 0 Å². The molecule has 0 aliphatic carbocycles. The minimum atomic E-state index is -4.11. The van der Waals surface area contributed by atoms with Gasteiger partial charge in [-0.3, -0.25) is 0 Å². The lowest BCUT2D eigenvalue weighted by Crippen LogP contribution is -2.14. The Morgan fingerprint density at radius 1 is 1.23 bits per heavy atom. The molecular weight excluding hydrogens is 190 g/mol. The summed E-state index contributed by atoms with van der Waals surface area (Å²) in [6.45, 7) is 0.149. The van der Waals surface area contributed by atoms with Crippen molar-refractivity contribution >= 4 is 15.8 Å². The van der Waals surface area contributed by atoms with Crippen LogP contribution in [0.3, 0.4) is 0 Å². The van der Waals surface area contributed by atoms with Gasteiger partial charge in [-0.25, -0.2) is 8.42 Å². The number of rotatable bonds is 4. The first-order valence-electron chi connectivity index (χ1n) is 3.80. The highest BCUT2D eigenvalue weighted by Crippen LogP contribution is 2.03. The largest absolute Gasteiger partial charge is 0.748 e. The topological polar surface area (TPSA) is 69.2 Å². The smallest absolute Gasteiger partial charge is 0.0963 e. The van der Waals surface area contributed by atoms with E-state index in [4.69, 9.17) is 0 Å². The Hall–Kier alpha value is -1.07. The third-order valence-corrected chi connectivity index (χ3v) is 2.16. The molecule has 5 heteroatoms. The van der Waals surface area contributed by atoms with E-state index in [1.165, 1.54) is 0 Å². The fraction of sp³-hybridized carbons (Fsp3) is 0.250. The van der Waals surface area contributed by atoms with Crippen LogP contribution in [-0.2, 0) is 10.1 Å². The molecule has 0 saturated carbocycles. The molecule has 1 aromatic rings. The lowest BCUT2D eigenvalue weighted by molar-refractivity contribution is 0.464. The second kappa shape index (κ2) is 4.25. The van der Waals surface area contributed by atoms with Gasteiger partial charge in [0.2, 0.25) is 0 Å². The van der Waals surface area contributed by atoms with Crippen LogP contribution in [0.5, 0.6) is 0 Å².